The van der Waals surface area contributed by atoms with Gasteiger partial charge in [-0.05, 0) is 49.2 Å². The number of primary amides is 1. The lowest BCUT2D eigenvalue weighted by Crippen LogP contribution is -2.24. The number of carbonyl (C=O) groups excluding carboxylic acids is 1. The van der Waals surface area contributed by atoms with Gasteiger partial charge in [0.2, 0.25) is 0 Å². The first-order chi connectivity index (χ1) is 13.6. The van der Waals surface area contributed by atoms with Crippen molar-refractivity contribution in [2.45, 2.75) is 38.1 Å². The van der Waals surface area contributed by atoms with Crippen molar-refractivity contribution in [2.24, 2.45) is 5.73 Å². The minimum Gasteiger partial charge on any atom is -0.382 e. The van der Waals surface area contributed by atoms with E-state index < -0.39 is 5.91 Å². The third-order valence-corrected chi connectivity index (χ3v) is 5.74. The van der Waals surface area contributed by atoms with E-state index in [2.05, 4.69) is 9.88 Å². The van der Waals surface area contributed by atoms with Crippen molar-refractivity contribution in [3.05, 3.63) is 71.4 Å². The molecule has 0 bridgehead atoms. The molecule has 0 unspecified atom stereocenters. The number of hydrogen-bond acceptors (Lipinski definition) is 2. The van der Waals surface area contributed by atoms with E-state index in [4.69, 9.17) is 17.3 Å². The maximum absolute atomic E-state index is 12.0. The number of rotatable bonds is 5. The Labute approximate surface area is 170 Å². The third kappa shape index (κ3) is 3.78. The number of amides is 1. The van der Waals surface area contributed by atoms with E-state index in [1.54, 1.807) is 6.07 Å². The van der Waals surface area contributed by atoms with Gasteiger partial charge in [0.1, 0.15) is 0 Å². The van der Waals surface area contributed by atoms with Crippen LogP contribution in [0.25, 0.3) is 16.9 Å². The molecule has 2 aromatic carbocycles. The molecule has 0 radical (unpaired) electrons. The van der Waals surface area contributed by atoms with Crippen LogP contribution in [-0.4, -0.2) is 16.5 Å². The summed E-state index contributed by atoms with van der Waals surface area (Å²) >= 11 is 6.42. The molecule has 0 spiro atoms. The second kappa shape index (κ2) is 8.11. The van der Waals surface area contributed by atoms with Crippen LogP contribution in [0, 0.1) is 0 Å². The lowest BCUT2D eigenvalue weighted by Gasteiger charge is -2.25. The summed E-state index contributed by atoms with van der Waals surface area (Å²) in [5, 5.41) is 4.27. The van der Waals surface area contributed by atoms with Gasteiger partial charge in [-0.1, -0.05) is 49.1 Å². The summed E-state index contributed by atoms with van der Waals surface area (Å²) < 4.78 is 2.08. The van der Waals surface area contributed by atoms with Crippen molar-refractivity contribution in [3.63, 3.8) is 0 Å². The van der Waals surface area contributed by atoms with Crippen molar-refractivity contribution in [1.82, 2.24) is 4.57 Å². The summed E-state index contributed by atoms with van der Waals surface area (Å²) in [4.78, 5) is 12.0. The third-order valence-electron chi connectivity index (χ3n) is 5.41. The number of hydrogen-bond donors (Lipinski definition) is 2. The first kappa shape index (κ1) is 18.6. The molecule has 1 fully saturated rings. The van der Waals surface area contributed by atoms with Crippen LogP contribution in [0.1, 0.15) is 42.5 Å². The number of benzene rings is 2. The summed E-state index contributed by atoms with van der Waals surface area (Å²) in [6, 6.07) is 18.0. The van der Waals surface area contributed by atoms with Crippen LogP contribution >= 0.6 is 11.6 Å². The monoisotopic (exact) mass is 393 g/mol. The summed E-state index contributed by atoms with van der Waals surface area (Å²) in [6.45, 7) is 0. The topological polar surface area (TPSA) is 60.1 Å². The molecule has 0 aliphatic heterocycles. The molecule has 3 aromatic rings. The smallest absolute Gasteiger partial charge is 0.250 e. The van der Waals surface area contributed by atoms with Gasteiger partial charge in [0.15, 0.2) is 0 Å². The average Bonchev–Trinajstić information content (AvgIpc) is 3.18. The van der Waals surface area contributed by atoms with Crippen molar-refractivity contribution in [1.29, 1.82) is 0 Å². The Hall–Kier alpha value is -2.72. The summed E-state index contributed by atoms with van der Waals surface area (Å²) in [5.74, 6) is -0.413. The zero-order chi connectivity index (χ0) is 19.5. The van der Waals surface area contributed by atoms with Crippen molar-refractivity contribution >= 4 is 23.2 Å². The molecule has 4 rings (SSSR count). The lowest BCUT2D eigenvalue weighted by molar-refractivity contribution is 0.100. The number of halogens is 1. The van der Waals surface area contributed by atoms with Gasteiger partial charge in [0.25, 0.3) is 5.91 Å². The van der Waals surface area contributed by atoms with Crippen LogP contribution in [0.3, 0.4) is 0 Å². The van der Waals surface area contributed by atoms with Gasteiger partial charge in [-0.25, -0.2) is 0 Å². The molecular weight excluding hydrogens is 370 g/mol. The zero-order valence-corrected chi connectivity index (χ0v) is 16.5. The molecule has 1 saturated carbocycles. The van der Waals surface area contributed by atoms with E-state index >= 15 is 0 Å². The van der Waals surface area contributed by atoms with Crippen LogP contribution < -0.4 is 11.1 Å². The maximum atomic E-state index is 12.0. The van der Waals surface area contributed by atoms with Gasteiger partial charge in [0, 0.05) is 34.2 Å². The highest BCUT2D eigenvalue weighted by Gasteiger charge is 2.18. The van der Waals surface area contributed by atoms with E-state index in [-0.39, 0.29) is 0 Å². The second-order valence-corrected chi connectivity index (χ2v) is 7.72. The van der Waals surface area contributed by atoms with Crippen molar-refractivity contribution in [2.75, 3.05) is 5.32 Å². The van der Waals surface area contributed by atoms with E-state index in [1.807, 2.05) is 54.7 Å². The van der Waals surface area contributed by atoms with Crippen LogP contribution in [0.5, 0.6) is 0 Å². The molecule has 1 aliphatic carbocycles. The fourth-order valence-corrected chi connectivity index (χ4v) is 4.21. The molecule has 5 heteroatoms. The molecule has 1 heterocycles. The minimum absolute atomic E-state index is 0.384. The number of nitrogens with two attached hydrogens (primary N) is 1. The molecule has 4 nitrogen and oxygen atoms in total. The van der Waals surface area contributed by atoms with Crippen LogP contribution in [0.15, 0.2) is 60.8 Å². The fraction of sp³-hybridized carbons (Fsp3) is 0.261. The van der Waals surface area contributed by atoms with Gasteiger partial charge < -0.3 is 15.6 Å². The average molecular weight is 394 g/mol. The van der Waals surface area contributed by atoms with E-state index in [1.165, 1.54) is 19.3 Å². The SMILES string of the molecule is NC(=O)c1ccc(-n2cccc2-c2ccccc2Cl)cc1NC1CCCCC1. The Kier molecular flexibility index (Phi) is 5.40. The largest absolute Gasteiger partial charge is 0.382 e. The molecule has 3 N–H and O–H groups in total. The Morgan fingerprint density at radius 1 is 1.04 bits per heavy atom. The molecule has 144 valence electrons. The second-order valence-electron chi connectivity index (χ2n) is 7.32. The normalized spacial score (nSPS) is 14.8. The van der Waals surface area contributed by atoms with Crippen LogP contribution in [-0.2, 0) is 0 Å². The minimum atomic E-state index is -0.413. The number of nitrogens with one attached hydrogen (secondary N) is 1. The molecule has 1 aliphatic rings. The Morgan fingerprint density at radius 2 is 1.82 bits per heavy atom. The summed E-state index contributed by atoms with van der Waals surface area (Å²) in [6.07, 6.45) is 7.97. The van der Waals surface area contributed by atoms with Gasteiger partial charge in [-0.3, -0.25) is 4.79 Å². The summed E-state index contributed by atoms with van der Waals surface area (Å²) in [7, 11) is 0. The molecule has 0 atom stereocenters. The first-order valence-electron chi connectivity index (χ1n) is 9.76. The van der Waals surface area contributed by atoms with E-state index in [9.17, 15) is 4.79 Å². The molecule has 1 amide bonds. The predicted molar refractivity (Wildman–Crippen MR) is 115 cm³/mol. The summed E-state index contributed by atoms with van der Waals surface area (Å²) in [5.41, 5.74) is 9.89. The number of nitrogens with zero attached hydrogens (tertiary/aromatic N) is 1. The number of aromatic nitrogens is 1. The highest BCUT2D eigenvalue weighted by Crippen LogP contribution is 2.32. The Bertz CT molecular complexity index is 989. The quantitative estimate of drug-likeness (QED) is 0.589. The standard InChI is InChI=1S/C23H24ClN3O/c24-20-10-5-4-9-18(20)22-11-6-14-27(22)17-12-13-19(23(25)28)21(15-17)26-16-7-2-1-3-8-16/h4-6,9-16,26H,1-3,7-8H2,(H2,25,28). The number of anilines is 1. The molecule has 28 heavy (non-hydrogen) atoms. The predicted octanol–water partition coefficient (Wildman–Crippen LogP) is 5.64. The zero-order valence-electron chi connectivity index (χ0n) is 15.7. The first-order valence-corrected chi connectivity index (χ1v) is 10.1. The van der Waals surface area contributed by atoms with Crippen LogP contribution in [0.2, 0.25) is 5.02 Å². The lowest BCUT2D eigenvalue weighted by atomic mass is 9.95. The van der Waals surface area contributed by atoms with Gasteiger partial charge in [-0.15, -0.1) is 0 Å². The van der Waals surface area contributed by atoms with E-state index in [0.717, 1.165) is 35.5 Å². The van der Waals surface area contributed by atoms with Crippen molar-refractivity contribution < 1.29 is 4.79 Å². The molecule has 0 saturated heterocycles. The maximum Gasteiger partial charge on any atom is 0.250 e. The van der Waals surface area contributed by atoms with Crippen LogP contribution in [0.4, 0.5) is 5.69 Å². The van der Waals surface area contributed by atoms with Crippen molar-refractivity contribution in [3.8, 4) is 16.9 Å². The van der Waals surface area contributed by atoms with Gasteiger partial charge >= 0.3 is 0 Å². The van der Waals surface area contributed by atoms with Gasteiger partial charge in [-0.2, -0.15) is 0 Å². The highest BCUT2D eigenvalue weighted by molar-refractivity contribution is 6.33. The molecular formula is C23H24ClN3O. The highest BCUT2D eigenvalue weighted by atomic mass is 35.5. The number of carbonyl (C=O) groups is 1. The Balaban J connectivity index is 1.73. The fourth-order valence-electron chi connectivity index (χ4n) is 3.98. The van der Waals surface area contributed by atoms with E-state index in [0.29, 0.717) is 16.6 Å². The Morgan fingerprint density at radius 3 is 2.57 bits per heavy atom. The van der Waals surface area contributed by atoms with Gasteiger partial charge in [0.05, 0.1) is 11.3 Å². The molecule has 1 aromatic heterocycles.